The summed E-state index contributed by atoms with van der Waals surface area (Å²) in [5, 5.41) is 10.1. The highest BCUT2D eigenvalue weighted by molar-refractivity contribution is 5.37. The maximum Gasteiger partial charge on any atom is 0.253 e. The Labute approximate surface area is 70.0 Å². The van der Waals surface area contributed by atoms with E-state index in [-0.39, 0.29) is 12.4 Å². The Morgan fingerprint density at radius 2 is 1.82 bits per heavy atom. The fraction of sp³-hybridized carbons (Fsp3) is 0. The summed E-state index contributed by atoms with van der Waals surface area (Å²) < 4.78 is 0. The van der Waals surface area contributed by atoms with Gasteiger partial charge in [0.1, 0.15) is 0 Å². The van der Waals surface area contributed by atoms with Gasteiger partial charge in [0.15, 0.2) is 0 Å². The first-order valence-corrected chi connectivity index (χ1v) is 2.75. The molecule has 3 nitrogen and oxygen atoms in total. The summed E-state index contributed by atoms with van der Waals surface area (Å²) in [5.41, 5.74) is 1.03. The summed E-state index contributed by atoms with van der Waals surface area (Å²) >= 11 is 0. The average molecular weight is 169 g/mol. The van der Waals surface area contributed by atoms with E-state index < -0.39 is 0 Å². The summed E-state index contributed by atoms with van der Waals surface area (Å²) in [4.78, 5) is 10.00. The number of nitriles is 1. The fourth-order valence-corrected chi connectivity index (χ4v) is 0.613. The van der Waals surface area contributed by atoms with Crippen molar-refractivity contribution in [2.75, 3.05) is 0 Å². The molecule has 0 bridgehead atoms. The predicted molar refractivity (Wildman–Crippen MR) is 35.1 cm³/mol. The molecule has 1 N–H and O–H groups in total. The third-order valence-corrected chi connectivity index (χ3v) is 1.13. The van der Waals surface area contributed by atoms with Crippen LogP contribution in [0.1, 0.15) is 5.56 Å². The fourth-order valence-electron chi connectivity index (χ4n) is 0.613. The summed E-state index contributed by atoms with van der Waals surface area (Å²) in [6, 6.07) is 8.24. The number of nitrogens with zero attached hydrogens (tertiary/aromatic N) is 1. The monoisotopic (exact) mass is 168 g/mol. The van der Waals surface area contributed by atoms with Crippen molar-refractivity contribution in [2.45, 2.75) is 0 Å². The summed E-state index contributed by atoms with van der Waals surface area (Å²) in [6.07, 6.45) is 0. The molecule has 11 heavy (non-hydrogen) atoms. The molecular weight excluding hydrogens is 164 g/mol. The second-order valence-corrected chi connectivity index (χ2v) is 1.79. The van der Waals surface area contributed by atoms with E-state index in [0.29, 0.717) is 11.3 Å². The number of rotatable bonds is 1. The molecule has 0 aliphatic heterocycles. The van der Waals surface area contributed by atoms with E-state index in [0.717, 1.165) is 0 Å². The van der Waals surface area contributed by atoms with Crippen LogP contribution in [0.15, 0.2) is 24.3 Å². The van der Waals surface area contributed by atoms with Crippen LogP contribution >= 0.6 is 0 Å². The molecule has 4 heteroatoms. The number of hydrogen-bond donors (Lipinski definition) is 1. The highest BCUT2D eigenvalue weighted by Gasteiger charge is 1.95. The topological polar surface area (TPSA) is 54.8 Å². The first kappa shape index (κ1) is 9.60. The first-order chi connectivity index (χ1) is 4.86. The molecule has 0 aromatic heterocycles. The highest BCUT2D eigenvalue weighted by Crippen LogP contribution is 2.01. The maximum absolute atomic E-state index is 10.00. The Hall–Kier alpha value is -1.40. The smallest absolute Gasteiger partial charge is 0.253 e. The lowest BCUT2D eigenvalue weighted by Gasteiger charge is -1.82. The molecule has 56 valence electrons. The van der Waals surface area contributed by atoms with E-state index in [9.17, 15) is 4.91 Å². The minimum Gasteiger partial charge on any atom is -1.00 e. The quantitative estimate of drug-likeness (QED) is 0.487. The number of benzene rings is 1. The molecule has 0 fully saturated rings. The van der Waals surface area contributed by atoms with Gasteiger partial charge in [-0.05, 0) is 12.1 Å². The Balaban J connectivity index is 0.000001000. The average Bonchev–Trinajstić information content (AvgIpc) is 2.05. The lowest BCUT2D eigenvalue weighted by molar-refractivity contribution is -0.379. The second-order valence-electron chi connectivity index (χ2n) is 1.79. The van der Waals surface area contributed by atoms with Gasteiger partial charge in [0.05, 0.1) is 11.6 Å². The number of hydrogen-bond acceptors (Lipinski definition) is 2. The van der Waals surface area contributed by atoms with Gasteiger partial charge < -0.3 is 12.4 Å². The predicted octanol–water partition coefficient (Wildman–Crippen LogP) is -2.96. The molecule has 0 spiro atoms. The van der Waals surface area contributed by atoms with Crippen LogP contribution in [0, 0.1) is 16.2 Å². The molecule has 0 saturated carbocycles. The first-order valence-electron chi connectivity index (χ1n) is 2.75. The lowest BCUT2D eigenvalue weighted by atomic mass is 10.2. The van der Waals surface area contributed by atoms with Crippen LogP contribution in [0.2, 0.25) is 0 Å². The van der Waals surface area contributed by atoms with Crippen molar-refractivity contribution in [1.82, 2.24) is 0 Å². The zero-order valence-electron chi connectivity index (χ0n) is 5.54. The SMILES string of the molecule is N#Cc1ccc([NH+]=O)cc1.[Cl-]. The molecule has 1 rings (SSSR count). The van der Waals surface area contributed by atoms with Crippen LogP contribution in [0.4, 0.5) is 5.69 Å². The van der Waals surface area contributed by atoms with Crippen LogP contribution in [0.5, 0.6) is 0 Å². The van der Waals surface area contributed by atoms with Crippen molar-refractivity contribution < 1.29 is 17.6 Å². The Bertz CT molecular complexity index is 275. The number of nitroso groups, excluding NO2 is 1. The van der Waals surface area contributed by atoms with Crippen LogP contribution in [-0.2, 0) is 0 Å². The van der Waals surface area contributed by atoms with Crippen LogP contribution in [0.25, 0.3) is 0 Å². The standard InChI is InChI=1S/C7H4N2O.ClH/c8-5-6-1-3-7(9-10)4-2-6;/h1-4H;1H. The molecule has 0 unspecified atom stereocenters. The normalized spacial score (nSPS) is 7.55. The summed E-state index contributed by atoms with van der Waals surface area (Å²) in [5.74, 6) is 0. The van der Waals surface area contributed by atoms with E-state index in [4.69, 9.17) is 5.26 Å². The third kappa shape index (κ3) is 2.36. The van der Waals surface area contributed by atoms with Gasteiger partial charge in [0.25, 0.3) is 5.69 Å². The minimum atomic E-state index is 0. The van der Waals surface area contributed by atoms with E-state index in [1.165, 1.54) is 0 Å². The van der Waals surface area contributed by atoms with E-state index >= 15 is 0 Å². The molecule has 0 saturated heterocycles. The van der Waals surface area contributed by atoms with E-state index in [2.05, 4.69) is 0 Å². The largest absolute Gasteiger partial charge is 1.00 e. The van der Waals surface area contributed by atoms with Gasteiger partial charge in [-0.3, -0.25) is 0 Å². The Morgan fingerprint density at radius 1 is 1.27 bits per heavy atom. The Morgan fingerprint density at radius 3 is 2.18 bits per heavy atom. The summed E-state index contributed by atoms with van der Waals surface area (Å²) in [6.45, 7) is 0. The lowest BCUT2D eigenvalue weighted by Crippen LogP contribution is -3.00. The molecule has 1 aromatic carbocycles. The van der Waals surface area contributed by atoms with Gasteiger partial charge in [-0.2, -0.15) is 5.26 Å². The van der Waals surface area contributed by atoms with Crippen LogP contribution in [0.3, 0.4) is 0 Å². The van der Waals surface area contributed by atoms with Crippen molar-refractivity contribution in [3.8, 4) is 6.07 Å². The van der Waals surface area contributed by atoms with Crippen molar-refractivity contribution in [2.24, 2.45) is 0 Å². The van der Waals surface area contributed by atoms with E-state index in [1.54, 1.807) is 29.4 Å². The maximum atomic E-state index is 10.00. The molecular formula is C7H5ClN2O. The van der Waals surface area contributed by atoms with Crippen molar-refractivity contribution >= 4 is 5.69 Å². The minimum absolute atomic E-state index is 0. The number of halogens is 1. The zero-order chi connectivity index (χ0) is 7.40. The van der Waals surface area contributed by atoms with Gasteiger partial charge in [0, 0.05) is 22.2 Å². The zero-order valence-corrected chi connectivity index (χ0v) is 6.30. The molecule has 0 atom stereocenters. The molecule has 0 amide bonds. The van der Waals surface area contributed by atoms with Crippen LogP contribution in [-0.4, -0.2) is 0 Å². The van der Waals surface area contributed by atoms with Crippen molar-refractivity contribution in [3.63, 3.8) is 0 Å². The highest BCUT2D eigenvalue weighted by atomic mass is 35.5. The van der Waals surface area contributed by atoms with Gasteiger partial charge in [-0.15, -0.1) is 0 Å². The molecule has 0 radical (unpaired) electrons. The van der Waals surface area contributed by atoms with Gasteiger partial charge >= 0.3 is 0 Å². The van der Waals surface area contributed by atoms with Crippen molar-refractivity contribution in [1.29, 1.82) is 5.26 Å². The van der Waals surface area contributed by atoms with Gasteiger partial charge in [0.2, 0.25) is 0 Å². The van der Waals surface area contributed by atoms with Gasteiger partial charge in [-0.25, -0.2) is 0 Å². The van der Waals surface area contributed by atoms with E-state index in [1.807, 2.05) is 6.07 Å². The second kappa shape index (κ2) is 4.42. The Kier molecular flexibility index (Phi) is 3.86. The summed E-state index contributed by atoms with van der Waals surface area (Å²) in [7, 11) is 0. The third-order valence-electron chi connectivity index (χ3n) is 1.13. The molecule has 0 aliphatic carbocycles. The molecule has 1 aromatic rings. The number of nitrogens with one attached hydrogen (secondary N) is 1. The van der Waals surface area contributed by atoms with Crippen LogP contribution < -0.4 is 17.6 Å². The van der Waals surface area contributed by atoms with Gasteiger partial charge in [-0.1, -0.05) is 0 Å². The van der Waals surface area contributed by atoms with Crippen molar-refractivity contribution in [3.05, 3.63) is 34.7 Å². The molecule has 0 heterocycles. The molecule has 0 aliphatic rings.